The van der Waals surface area contributed by atoms with Gasteiger partial charge < -0.3 is 19.3 Å². The van der Waals surface area contributed by atoms with Gasteiger partial charge in [-0.25, -0.2) is 4.39 Å². The van der Waals surface area contributed by atoms with Gasteiger partial charge in [-0.15, -0.1) is 0 Å². The molecule has 3 aromatic rings. The van der Waals surface area contributed by atoms with Gasteiger partial charge in [0.05, 0.1) is 6.61 Å². The van der Waals surface area contributed by atoms with Crippen molar-refractivity contribution in [3.63, 3.8) is 0 Å². The normalized spacial score (nSPS) is 18.1. The van der Waals surface area contributed by atoms with Crippen molar-refractivity contribution in [1.82, 2.24) is 14.8 Å². The number of halogens is 1. The lowest BCUT2D eigenvalue weighted by Crippen LogP contribution is -2.39. The second-order valence-electron chi connectivity index (χ2n) is 10.5. The highest BCUT2D eigenvalue weighted by molar-refractivity contribution is 5.84. The van der Waals surface area contributed by atoms with E-state index in [1.165, 1.54) is 56.5 Å². The van der Waals surface area contributed by atoms with Gasteiger partial charge in [-0.05, 0) is 81.4 Å². The molecule has 2 saturated heterocycles. The van der Waals surface area contributed by atoms with Crippen molar-refractivity contribution in [2.75, 3.05) is 45.9 Å². The third-order valence-electron chi connectivity index (χ3n) is 7.69. The Balaban J connectivity index is 1.00. The van der Waals surface area contributed by atoms with Crippen LogP contribution in [0.15, 0.2) is 54.7 Å². The van der Waals surface area contributed by atoms with E-state index in [1.807, 2.05) is 12.1 Å². The van der Waals surface area contributed by atoms with Crippen LogP contribution >= 0.6 is 0 Å². The van der Waals surface area contributed by atoms with Gasteiger partial charge in [0.15, 0.2) is 0 Å². The summed E-state index contributed by atoms with van der Waals surface area (Å²) >= 11 is 0. The average Bonchev–Trinajstić information content (AvgIpc) is 3.20. The van der Waals surface area contributed by atoms with Crippen LogP contribution < -0.4 is 9.47 Å². The average molecular weight is 506 g/mol. The van der Waals surface area contributed by atoms with Gasteiger partial charge in [0, 0.05) is 43.8 Å². The summed E-state index contributed by atoms with van der Waals surface area (Å²) < 4.78 is 26.2. The summed E-state index contributed by atoms with van der Waals surface area (Å²) in [5.41, 5.74) is 2.07. The molecular weight excluding hydrogens is 465 g/mol. The Bertz CT molecular complexity index is 1110. The number of ether oxygens (including phenoxy) is 2. The van der Waals surface area contributed by atoms with Crippen molar-refractivity contribution < 1.29 is 13.9 Å². The molecule has 2 aliphatic heterocycles. The molecule has 2 aliphatic rings. The van der Waals surface area contributed by atoms with Crippen molar-refractivity contribution in [3.8, 4) is 11.5 Å². The van der Waals surface area contributed by atoms with E-state index in [0.29, 0.717) is 5.75 Å². The molecule has 3 heterocycles. The minimum Gasteiger partial charge on any atom is -0.494 e. The van der Waals surface area contributed by atoms with Crippen LogP contribution in [0.4, 0.5) is 4.39 Å². The van der Waals surface area contributed by atoms with Crippen LogP contribution in [0.5, 0.6) is 11.5 Å². The molecule has 0 radical (unpaired) electrons. The monoisotopic (exact) mass is 505 g/mol. The Kier molecular flexibility index (Phi) is 9.25. The molecule has 2 fully saturated rings. The van der Waals surface area contributed by atoms with Crippen LogP contribution in [0, 0.1) is 5.82 Å². The first-order chi connectivity index (χ1) is 18.2. The molecule has 0 bridgehead atoms. The highest BCUT2D eigenvalue weighted by Gasteiger charge is 2.21. The number of benzene rings is 2. The molecule has 0 amide bonds. The second kappa shape index (κ2) is 13.2. The Morgan fingerprint density at radius 2 is 1.62 bits per heavy atom. The molecule has 6 heteroatoms. The van der Waals surface area contributed by atoms with E-state index in [4.69, 9.17) is 9.47 Å². The van der Waals surface area contributed by atoms with E-state index in [2.05, 4.69) is 39.0 Å². The Labute approximate surface area is 220 Å². The molecule has 198 valence electrons. The van der Waals surface area contributed by atoms with Gasteiger partial charge in [0.2, 0.25) is 0 Å². The summed E-state index contributed by atoms with van der Waals surface area (Å²) in [4.78, 5) is 9.49. The van der Waals surface area contributed by atoms with Gasteiger partial charge in [0.25, 0.3) is 0 Å². The zero-order valence-electron chi connectivity index (χ0n) is 21.9. The van der Waals surface area contributed by atoms with Crippen LogP contribution in [-0.2, 0) is 6.42 Å². The number of likely N-dealkylation sites (tertiary alicyclic amines) is 2. The van der Waals surface area contributed by atoms with Crippen molar-refractivity contribution in [3.05, 3.63) is 66.1 Å². The molecule has 0 unspecified atom stereocenters. The lowest BCUT2D eigenvalue weighted by molar-refractivity contribution is 0.102. The van der Waals surface area contributed by atoms with E-state index < -0.39 is 0 Å². The van der Waals surface area contributed by atoms with E-state index in [9.17, 15) is 4.39 Å². The summed E-state index contributed by atoms with van der Waals surface area (Å²) in [6, 6.07) is 15.3. The number of aromatic nitrogens is 1. The first-order valence-electron chi connectivity index (χ1n) is 14.1. The summed E-state index contributed by atoms with van der Waals surface area (Å²) in [7, 11) is 0. The van der Waals surface area contributed by atoms with Crippen molar-refractivity contribution in [1.29, 1.82) is 0 Å². The maximum absolute atomic E-state index is 14.0. The molecule has 1 aromatic heterocycles. The van der Waals surface area contributed by atoms with Crippen LogP contribution in [-0.4, -0.2) is 66.8 Å². The second-order valence-corrected chi connectivity index (χ2v) is 10.5. The predicted molar refractivity (Wildman–Crippen MR) is 147 cm³/mol. The maximum atomic E-state index is 14.0. The number of fused-ring (bicyclic) bond motifs is 1. The molecule has 0 atom stereocenters. The molecule has 0 aliphatic carbocycles. The lowest BCUT2D eigenvalue weighted by Gasteiger charge is -2.32. The summed E-state index contributed by atoms with van der Waals surface area (Å²) in [6.07, 6.45) is 11.3. The molecule has 5 rings (SSSR count). The zero-order valence-corrected chi connectivity index (χ0v) is 21.9. The molecule has 5 nitrogen and oxygen atoms in total. The van der Waals surface area contributed by atoms with E-state index in [1.54, 1.807) is 6.20 Å². The molecule has 0 N–H and O–H groups in total. The molecule has 0 saturated carbocycles. The largest absolute Gasteiger partial charge is 0.494 e. The summed E-state index contributed by atoms with van der Waals surface area (Å²) in [5.74, 6) is 1.24. The molecule has 0 spiro atoms. The topological polar surface area (TPSA) is 37.8 Å². The quantitative estimate of drug-likeness (QED) is 0.311. The third kappa shape index (κ3) is 7.65. The first kappa shape index (κ1) is 25.9. The van der Waals surface area contributed by atoms with Gasteiger partial charge in [-0.2, -0.15) is 0 Å². The van der Waals surface area contributed by atoms with Crippen molar-refractivity contribution in [2.24, 2.45) is 0 Å². The van der Waals surface area contributed by atoms with Crippen LogP contribution in [0.1, 0.15) is 50.5 Å². The highest BCUT2D eigenvalue weighted by Crippen LogP contribution is 2.28. The smallest absolute Gasteiger partial charge is 0.148 e. The van der Waals surface area contributed by atoms with E-state index in [0.717, 1.165) is 75.1 Å². The standard InChI is InChI=1S/C31H40FN3O2/c32-27-23-26-7-5-15-33-31(26)30(24-27)37-29-13-20-35(21-14-29)19-12-25-8-10-28(11-9-25)36-22-6-18-34-16-3-1-2-4-17-34/h5,7-11,15,23-24,29H,1-4,6,12-14,16-22H2. The van der Waals surface area contributed by atoms with Gasteiger partial charge >= 0.3 is 0 Å². The summed E-state index contributed by atoms with van der Waals surface area (Å²) in [6.45, 7) is 7.45. The lowest BCUT2D eigenvalue weighted by atomic mass is 10.1. The number of hydrogen-bond donors (Lipinski definition) is 0. The van der Waals surface area contributed by atoms with Gasteiger partial charge in [-0.3, -0.25) is 4.98 Å². The fraction of sp³-hybridized carbons (Fsp3) is 0.516. The molecule has 2 aromatic carbocycles. The predicted octanol–water partition coefficient (Wildman–Crippen LogP) is 6.10. The first-order valence-corrected chi connectivity index (χ1v) is 14.1. The van der Waals surface area contributed by atoms with Crippen molar-refractivity contribution in [2.45, 2.75) is 57.5 Å². The van der Waals surface area contributed by atoms with Crippen molar-refractivity contribution >= 4 is 10.9 Å². The zero-order chi connectivity index (χ0) is 25.3. The van der Waals surface area contributed by atoms with E-state index >= 15 is 0 Å². The van der Waals surface area contributed by atoms with Crippen LogP contribution in [0.25, 0.3) is 10.9 Å². The third-order valence-corrected chi connectivity index (χ3v) is 7.69. The Hall–Kier alpha value is -2.70. The van der Waals surface area contributed by atoms with E-state index in [-0.39, 0.29) is 11.9 Å². The maximum Gasteiger partial charge on any atom is 0.148 e. The minimum absolute atomic E-state index is 0.0963. The Morgan fingerprint density at radius 3 is 2.41 bits per heavy atom. The summed E-state index contributed by atoms with van der Waals surface area (Å²) in [5, 5.41) is 0.777. The number of pyridine rings is 1. The molecular formula is C31H40FN3O2. The Morgan fingerprint density at radius 1 is 0.865 bits per heavy atom. The van der Waals surface area contributed by atoms with Crippen LogP contribution in [0.3, 0.4) is 0 Å². The number of piperidine rings is 1. The number of nitrogens with zero attached hydrogens (tertiary/aromatic N) is 3. The molecule has 37 heavy (non-hydrogen) atoms. The SMILES string of the molecule is Fc1cc(OC2CCN(CCc3ccc(OCCCN4CCCCCC4)cc3)CC2)c2ncccc2c1. The minimum atomic E-state index is -0.280. The van der Waals surface area contributed by atoms with Gasteiger partial charge in [0.1, 0.15) is 28.9 Å². The fourth-order valence-electron chi connectivity index (χ4n) is 5.52. The number of hydrogen-bond acceptors (Lipinski definition) is 5. The highest BCUT2D eigenvalue weighted by atomic mass is 19.1. The fourth-order valence-corrected chi connectivity index (χ4v) is 5.52. The van der Waals surface area contributed by atoms with Gasteiger partial charge in [-0.1, -0.05) is 31.0 Å². The van der Waals surface area contributed by atoms with Crippen LogP contribution in [0.2, 0.25) is 0 Å². The number of rotatable bonds is 10.